The van der Waals surface area contributed by atoms with Crippen LogP contribution in [-0.4, -0.2) is 46.9 Å². The van der Waals surface area contributed by atoms with Crippen molar-refractivity contribution in [1.29, 1.82) is 0 Å². The summed E-state index contributed by atoms with van der Waals surface area (Å²) in [6.45, 7) is 7.01. The van der Waals surface area contributed by atoms with E-state index in [0.29, 0.717) is 5.56 Å². The average Bonchev–Trinajstić information content (AvgIpc) is 2.43. The smallest absolute Gasteiger partial charge is 0.254 e. The van der Waals surface area contributed by atoms with E-state index >= 15 is 0 Å². The van der Waals surface area contributed by atoms with Gasteiger partial charge in [-0.2, -0.15) is 11.8 Å². The topological polar surface area (TPSA) is 45.2 Å². The van der Waals surface area contributed by atoms with Gasteiger partial charge in [0.25, 0.3) is 5.91 Å². The summed E-state index contributed by atoms with van der Waals surface area (Å²) in [5.41, 5.74) is 0.682. The lowest BCUT2D eigenvalue weighted by Gasteiger charge is -2.24. The molecule has 0 fully saturated rings. The highest BCUT2D eigenvalue weighted by molar-refractivity contribution is 7.99. The maximum Gasteiger partial charge on any atom is 0.254 e. The van der Waals surface area contributed by atoms with Gasteiger partial charge in [-0.25, -0.2) is 4.98 Å². The Kier molecular flexibility index (Phi) is 6.70. The first-order chi connectivity index (χ1) is 9.10. The molecule has 19 heavy (non-hydrogen) atoms. The van der Waals surface area contributed by atoms with Crippen molar-refractivity contribution in [3.63, 3.8) is 0 Å². The van der Waals surface area contributed by atoms with Gasteiger partial charge in [0.1, 0.15) is 5.82 Å². The number of thioether (sulfide) groups is 1. The highest BCUT2D eigenvalue weighted by Crippen LogP contribution is 2.13. The van der Waals surface area contributed by atoms with Crippen molar-refractivity contribution in [2.24, 2.45) is 0 Å². The molecule has 0 aliphatic rings. The molecule has 1 rings (SSSR count). The van der Waals surface area contributed by atoms with Crippen molar-refractivity contribution in [3.8, 4) is 0 Å². The lowest BCUT2D eigenvalue weighted by atomic mass is 10.2. The predicted octanol–water partition coefficient (Wildman–Crippen LogP) is 2.73. The summed E-state index contributed by atoms with van der Waals surface area (Å²) >= 11 is 1.85. The third-order valence-corrected chi connectivity index (χ3v) is 4.04. The van der Waals surface area contributed by atoms with Gasteiger partial charge in [0.05, 0.1) is 0 Å². The number of hydrogen-bond donors (Lipinski definition) is 1. The molecule has 106 valence electrons. The van der Waals surface area contributed by atoms with Gasteiger partial charge in [-0.1, -0.05) is 6.92 Å². The monoisotopic (exact) mass is 281 g/mol. The van der Waals surface area contributed by atoms with E-state index in [-0.39, 0.29) is 11.9 Å². The van der Waals surface area contributed by atoms with Crippen LogP contribution in [0.3, 0.4) is 0 Å². The Labute approximate surface area is 120 Å². The second-order valence-corrected chi connectivity index (χ2v) is 5.70. The fourth-order valence-electron chi connectivity index (χ4n) is 1.65. The Morgan fingerprint density at radius 1 is 1.53 bits per heavy atom. The molecule has 0 saturated heterocycles. The van der Waals surface area contributed by atoms with E-state index in [9.17, 15) is 4.79 Å². The molecule has 4 nitrogen and oxygen atoms in total. The Hall–Kier alpha value is -1.23. The molecule has 1 heterocycles. The maximum absolute atomic E-state index is 12.4. The number of nitrogens with zero attached hydrogens (tertiary/aromatic N) is 2. The number of hydrogen-bond acceptors (Lipinski definition) is 4. The first kappa shape index (κ1) is 15.8. The van der Waals surface area contributed by atoms with Gasteiger partial charge in [-0.05, 0) is 31.7 Å². The molecule has 1 aromatic heterocycles. The molecular weight excluding hydrogens is 258 g/mol. The Morgan fingerprint density at radius 2 is 2.26 bits per heavy atom. The normalized spacial score (nSPS) is 12.0. The third kappa shape index (κ3) is 4.74. The molecule has 1 N–H and O–H groups in total. The fourth-order valence-corrected chi connectivity index (χ4v) is 2.45. The molecule has 0 bridgehead atoms. The van der Waals surface area contributed by atoms with E-state index in [1.807, 2.05) is 31.8 Å². The molecular formula is C14H23N3OS. The number of nitrogens with one attached hydrogen (secondary N) is 1. The average molecular weight is 281 g/mol. The summed E-state index contributed by atoms with van der Waals surface area (Å²) in [5, 5.41) is 3.12. The van der Waals surface area contributed by atoms with Crippen molar-refractivity contribution in [2.75, 3.05) is 30.4 Å². The summed E-state index contributed by atoms with van der Waals surface area (Å²) in [7, 11) is 1.86. The highest BCUT2D eigenvalue weighted by Gasteiger charge is 2.17. The molecule has 1 amide bonds. The fraction of sp³-hybridized carbons (Fsp3) is 0.571. The Bertz CT molecular complexity index is 411. The summed E-state index contributed by atoms with van der Waals surface area (Å²) in [5.74, 6) is 2.83. The molecule has 1 aromatic rings. The summed E-state index contributed by atoms with van der Waals surface area (Å²) < 4.78 is 0. The van der Waals surface area contributed by atoms with E-state index in [1.165, 1.54) is 0 Å². The molecule has 0 aromatic carbocycles. The van der Waals surface area contributed by atoms with Gasteiger partial charge in [0, 0.05) is 37.1 Å². The van der Waals surface area contributed by atoms with Crippen molar-refractivity contribution in [3.05, 3.63) is 23.9 Å². The van der Waals surface area contributed by atoms with Crippen LogP contribution in [0.25, 0.3) is 0 Å². The highest BCUT2D eigenvalue weighted by atomic mass is 32.2. The van der Waals surface area contributed by atoms with Crippen LogP contribution in [0.15, 0.2) is 18.3 Å². The number of carbonyl (C=O) groups is 1. The van der Waals surface area contributed by atoms with E-state index in [2.05, 4.69) is 24.1 Å². The van der Waals surface area contributed by atoms with Crippen LogP contribution in [0.4, 0.5) is 5.82 Å². The zero-order valence-electron chi connectivity index (χ0n) is 12.1. The minimum Gasteiger partial charge on any atom is -0.370 e. The molecule has 1 atom stereocenters. The van der Waals surface area contributed by atoms with Gasteiger partial charge in [0.15, 0.2) is 0 Å². The SMILES string of the molecule is CCNc1cc(C(=O)N(C)[C@@H](C)CSCC)ccn1. The number of pyridine rings is 1. The van der Waals surface area contributed by atoms with Crippen molar-refractivity contribution >= 4 is 23.5 Å². The van der Waals surface area contributed by atoms with Gasteiger partial charge in [0.2, 0.25) is 0 Å². The lowest BCUT2D eigenvalue weighted by Crippen LogP contribution is -2.36. The third-order valence-electron chi connectivity index (χ3n) is 2.91. The van der Waals surface area contributed by atoms with Gasteiger partial charge in [-0.3, -0.25) is 4.79 Å². The maximum atomic E-state index is 12.4. The van der Waals surface area contributed by atoms with E-state index < -0.39 is 0 Å². The van der Waals surface area contributed by atoms with E-state index in [0.717, 1.165) is 23.9 Å². The van der Waals surface area contributed by atoms with Crippen LogP contribution in [0.1, 0.15) is 31.1 Å². The number of aromatic nitrogens is 1. The Balaban J connectivity index is 2.73. The standard InChI is InChI=1S/C14H23N3OS/c1-5-15-13-9-12(7-8-16-13)14(18)17(4)11(3)10-19-6-2/h7-9,11H,5-6,10H2,1-4H3,(H,15,16)/t11-/m0/s1. The minimum absolute atomic E-state index is 0.0470. The first-order valence-electron chi connectivity index (χ1n) is 6.65. The van der Waals surface area contributed by atoms with Crippen molar-refractivity contribution < 1.29 is 4.79 Å². The number of anilines is 1. The zero-order chi connectivity index (χ0) is 14.3. The van der Waals surface area contributed by atoms with Gasteiger partial charge < -0.3 is 10.2 Å². The molecule has 0 radical (unpaired) electrons. The molecule has 0 aliphatic heterocycles. The predicted molar refractivity (Wildman–Crippen MR) is 83.0 cm³/mol. The van der Waals surface area contributed by atoms with Crippen LogP contribution in [0.2, 0.25) is 0 Å². The van der Waals surface area contributed by atoms with Crippen molar-refractivity contribution in [2.45, 2.75) is 26.8 Å². The first-order valence-corrected chi connectivity index (χ1v) is 7.80. The van der Waals surface area contributed by atoms with Gasteiger partial charge in [-0.15, -0.1) is 0 Å². The zero-order valence-corrected chi connectivity index (χ0v) is 13.0. The summed E-state index contributed by atoms with van der Waals surface area (Å²) in [6.07, 6.45) is 1.67. The van der Waals surface area contributed by atoms with Crippen LogP contribution in [0, 0.1) is 0 Å². The number of carbonyl (C=O) groups excluding carboxylic acids is 1. The van der Waals surface area contributed by atoms with Gasteiger partial charge >= 0.3 is 0 Å². The summed E-state index contributed by atoms with van der Waals surface area (Å²) in [6, 6.07) is 3.80. The molecule has 0 aliphatic carbocycles. The molecule has 0 spiro atoms. The lowest BCUT2D eigenvalue weighted by molar-refractivity contribution is 0.0757. The number of amides is 1. The second-order valence-electron chi connectivity index (χ2n) is 4.38. The van der Waals surface area contributed by atoms with E-state index in [4.69, 9.17) is 0 Å². The minimum atomic E-state index is 0.0470. The quantitative estimate of drug-likeness (QED) is 0.834. The van der Waals surface area contributed by atoms with E-state index in [1.54, 1.807) is 17.2 Å². The molecule has 5 heteroatoms. The number of rotatable bonds is 7. The Morgan fingerprint density at radius 3 is 2.89 bits per heavy atom. The largest absolute Gasteiger partial charge is 0.370 e. The van der Waals surface area contributed by atoms with Crippen LogP contribution in [0.5, 0.6) is 0 Å². The van der Waals surface area contributed by atoms with Crippen molar-refractivity contribution in [1.82, 2.24) is 9.88 Å². The summed E-state index contributed by atoms with van der Waals surface area (Å²) in [4.78, 5) is 18.3. The second kappa shape index (κ2) is 8.04. The molecule has 0 saturated carbocycles. The van der Waals surface area contributed by atoms with Crippen LogP contribution in [-0.2, 0) is 0 Å². The van der Waals surface area contributed by atoms with Crippen LogP contribution < -0.4 is 5.32 Å². The van der Waals surface area contributed by atoms with Crippen LogP contribution >= 0.6 is 11.8 Å². The molecule has 0 unspecified atom stereocenters.